The minimum Gasteiger partial charge on any atom is -0.504 e. The van der Waals surface area contributed by atoms with Crippen LogP contribution >= 0.6 is 0 Å². The Morgan fingerprint density at radius 3 is 2.79 bits per heavy atom. The van der Waals surface area contributed by atoms with Crippen LogP contribution in [0.5, 0.6) is 11.5 Å². The quantitative estimate of drug-likeness (QED) is 0.666. The lowest BCUT2D eigenvalue weighted by Gasteiger charge is -2.11. The normalized spacial score (nSPS) is 12.5. The number of phenols is 1. The average molecular weight is 197 g/mol. The Bertz CT molecular complexity index is 301. The van der Waals surface area contributed by atoms with Gasteiger partial charge in [0.1, 0.15) is 0 Å². The third kappa shape index (κ3) is 2.37. The third-order valence-electron chi connectivity index (χ3n) is 1.89. The maximum atomic E-state index is 9.45. The maximum Gasteiger partial charge on any atom is 0.161 e. The number of benzene rings is 1. The molecule has 0 saturated carbocycles. The lowest BCUT2D eigenvalue weighted by atomic mass is 10.1. The van der Waals surface area contributed by atoms with Crippen molar-refractivity contribution in [2.24, 2.45) is 5.73 Å². The van der Waals surface area contributed by atoms with Gasteiger partial charge in [-0.15, -0.1) is 0 Å². The van der Waals surface area contributed by atoms with Crippen molar-refractivity contribution in [3.63, 3.8) is 0 Å². The zero-order chi connectivity index (χ0) is 10.6. The first-order chi connectivity index (χ1) is 6.69. The molecule has 0 spiro atoms. The van der Waals surface area contributed by atoms with Crippen LogP contribution in [-0.4, -0.2) is 23.4 Å². The van der Waals surface area contributed by atoms with Crippen LogP contribution in [0.15, 0.2) is 18.2 Å². The molecule has 0 amide bonds. The van der Waals surface area contributed by atoms with E-state index in [4.69, 9.17) is 10.5 Å². The molecule has 0 radical (unpaired) electrons. The second-order valence-corrected chi connectivity index (χ2v) is 2.91. The molecule has 0 unspecified atom stereocenters. The van der Waals surface area contributed by atoms with Crippen molar-refractivity contribution in [1.82, 2.24) is 0 Å². The number of rotatable bonds is 4. The first-order valence-electron chi connectivity index (χ1n) is 4.52. The summed E-state index contributed by atoms with van der Waals surface area (Å²) in [5, 5.41) is 18.8. The Morgan fingerprint density at radius 1 is 1.50 bits per heavy atom. The molecule has 1 aromatic carbocycles. The minimum atomic E-state index is -0.713. The molecule has 0 bridgehead atoms. The molecule has 1 aromatic rings. The largest absolute Gasteiger partial charge is 0.504 e. The Morgan fingerprint density at radius 2 is 2.21 bits per heavy atom. The number of hydrogen-bond acceptors (Lipinski definition) is 4. The molecule has 4 nitrogen and oxygen atoms in total. The Hall–Kier alpha value is -1.26. The van der Waals surface area contributed by atoms with Gasteiger partial charge in [0.25, 0.3) is 0 Å². The predicted octanol–water partition coefficient (Wildman–Crippen LogP) is 0.783. The number of aliphatic hydroxyl groups is 1. The average Bonchev–Trinajstić information content (AvgIpc) is 2.20. The topological polar surface area (TPSA) is 75.7 Å². The number of phenolic OH excluding ortho intramolecular Hbond substituents is 1. The summed E-state index contributed by atoms with van der Waals surface area (Å²) >= 11 is 0. The van der Waals surface area contributed by atoms with E-state index >= 15 is 0 Å². The monoisotopic (exact) mass is 197 g/mol. The summed E-state index contributed by atoms with van der Waals surface area (Å²) in [6.45, 7) is 2.44. The fourth-order valence-electron chi connectivity index (χ4n) is 1.15. The van der Waals surface area contributed by atoms with Crippen molar-refractivity contribution >= 4 is 0 Å². The fourth-order valence-corrected chi connectivity index (χ4v) is 1.15. The molecule has 0 aromatic heterocycles. The molecule has 0 aliphatic rings. The molecular weight excluding hydrogens is 182 g/mol. The molecule has 0 saturated heterocycles. The van der Waals surface area contributed by atoms with Crippen molar-refractivity contribution in [1.29, 1.82) is 0 Å². The molecule has 78 valence electrons. The Kier molecular flexibility index (Phi) is 3.73. The number of aromatic hydroxyl groups is 1. The lowest BCUT2D eigenvalue weighted by Crippen LogP contribution is -2.11. The smallest absolute Gasteiger partial charge is 0.161 e. The molecule has 1 rings (SSSR count). The summed E-state index contributed by atoms with van der Waals surface area (Å²) in [7, 11) is 0. The van der Waals surface area contributed by atoms with E-state index in [0.717, 1.165) is 0 Å². The van der Waals surface area contributed by atoms with Crippen LogP contribution in [0, 0.1) is 0 Å². The van der Waals surface area contributed by atoms with Crippen molar-refractivity contribution in [2.45, 2.75) is 13.0 Å². The molecular formula is C10H15NO3. The van der Waals surface area contributed by atoms with E-state index in [0.29, 0.717) is 17.9 Å². The molecule has 0 heterocycles. The van der Waals surface area contributed by atoms with Gasteiger partial charge < -0.3 is 20.7 Å². The number of nitrogens with two attached hydrogens (primary N) is 1. The van der Waals surface area contributed by atoms with Crippen LogP contribution in [-0.2, 0) is 0 Å². The third-order valence-corrected chi connectivity index (χ3v) is 1.89. The van der Waals surface area contributed by atoms with Crippen LogP contribution in [0.3, 0.4) is 0 Å². The van der Waals surface area contributed by atoms with E-state index in [9.17, 15) is 10.2 Å². The first-order valence-corrected chi connectivity index (χ1v) is 4.52. The summed E-state index contributed by atoms with van der Waals surface area (Å²) in [6.07, 6.45) is -0.713. The second kappa shape index (κ2) is 4.83. The van der Waals surface area contributed by atoms with E-state index in [-0.39, 0.29) is 12.3 Å². The summed E-state index contributed by atoms with van der Waals surface area (Å²) in [6, 6.07) is 4.70. The Labute approximate surface area is 82.9 Å². The SMILES string of the molecule is CCOc1cc([C@@H](O)CN)ccc1O. The van der Waals surface area contributed by atoms with Crippen molar-refractivity contribution in [3.8, 4) is 11.5 Å². The number of hydrogen-bond donors (Lipinski definition) is 3. The van der Waals surface area contributed by atoms with E-state index in [1.54, 1.807) is 12.1 Å². The van der Waals surface area contributed by atoms with Gasteiger partial charge in [-0.25, -0.2) is 0 Å². The molecule has 0 aliphatic carbocycles. The van der Waals surface area contributed by atoms with Gasteiger partial charge in [-0.05, 0) is 24.6 Å². The zero-order valence-electron chi connectivity index (χ0n) is 8.10. The van der Waals surface area contributed by atoms with Gasteiger partial charge in [-0.3, -0.25) is 0 Å². The standard InChI is InChI=1S/C10H15NO3/c1-2-14-10-5-7(9(13)6-11)3-4-8(10)12/h3-5,9,12-13H,2,6,11H2,1H3/t9-/m0/s1. The molecule has 4 heteroatoms. The van der Waals surface area contributed by atoms with Gasteiger partial charge in [-0.2, -0.15) is 0 Å². The van der Waals surface area contributed by atoms with Gasteiger partial charge in [0, 0.05) is 6.54 Å². The van der Waals surface area contributed by atoms with E-state index in [1.807, 2.05) is 6.92 Å². The van der Waals surface area contributed by atoms with E-state index in [2.05, 4.69) is 0 Å². The van der Waals surface area contributed by atoms with Gasteiger partial charge in [0.2, 0.25) is 0 Å². The lowest BCUT2D eigenvalue weighted by molar-refractivity contribution is 0.186. The van der Waals surface area contributed by atoms with Crippen molar-refractivity contribution in [3.05, 3.63) is 23.8 Å². The van der Waals surface area contributed by atoms with Gasteiger partial charge in [0.15, 0.2) is 11.5 Å². The fraction of sp³-hybridized carbons (Fsp3) is 0.400. The summed E-state index contributed by atoms with van der Waals surface area (Å²) in [5.74, 6) is 0.442. The molecule has 0 fully saturated rings. The predicted molar refractivity (Wildman–Crippen MR) is 53.3 cm³/mol. The van der Waals surface area contributed by atoms with Gasteiger partial charge in [-0.1, -0.05) is 6.07 Å². The molecule has 4 N–H and O–H groups in total. The number of ether oxygens (including phenoxy) is 1. The highest BCUT2D eigenvalue weighted by Crippen LogP contribution is 2.28. The van der Waals surface area contributed by atoms with Gasteiger partial charge >= 0.3 is 0 Å². The van der Waals surface area contributed by atoms with Crippen LogP contribution in [0.25, 0.3) is 0 Å². The summed E-state index contributed by atoms with van der Waals surface area (Å²) in [5.41, 5.74) is 5.96. The van der Waals surface area contributed by atoms with Crippen LogP contribution in [0.2, 0.25) is 0 Å². The minimum absolute atomic E-state index is 0.0693. The van der Waals surface area contributed by atoms with Crippen LogP contribution in [0.1, 0.15) is 18.6 Å². The molecule has 14 heavy (non-hydrogen) atoms. The number of aliphatic hydroxyl groups excluding tert-OH is 1. The van der Waals surface area contributed by atoms with E-state index < -0.39 is 6.10 Å². The second-order valence-electron chi connectivity index (χ2n) is 2.91. The maximum absolute atomic E-state index is 9.45. The summed E-state index contributed by atoms with van der Waals surface area (Å²) in [4.78, 5) is 0. The highest BCUT2D eigenvalue weighted by molar-refractivity contribution is 5.42. The zero-order valence-corrected chi connectivity index (χ0v) is 8.10. The van der Waals surface area contributed by atoms with Crippen molar-refractivity contribution < 1.29 is 14.9 Å². The summed E-state index contributed by atoms with van der Waals surface area (Å²) < 4.78 is 5.17. The van der Waals surface area contributed by atoms with Crippen LogP contribution < -0.4 is 10.5 Å². The first kappa shape index (κ1) is 10.8. The Balaban J connectivity index is 2.93. The molecule has 1 atom stereocenters. The van der Waals surface area contributed by atoms with Gasteiger partial charge in [0.05, 0.1) is 12.7 Å². The highest BCUT2D eigenvalue weighted by atomic mass is 16.5. The van der Waals surface area contributed by atoms with E-state index in [1.165, 1.54) is 6.07 Å². The van der Waals surface area contributed by atoms with Crippen LogP contribution in [0.4, 0.5) is 0 Å². The highest BCUT2D eigenvalue weighted by Gasteiger charge is 2.09. The molecule has 0 aliphatic heterocycles. The van der Waals surface area contributed by atoms with Crippen molar-refractivity contribution in [2.75, 3.05) is 13.2 Å².